The molecule has 3 aromatic rings. The van der Waals surface area contributed by atoms with Crippen LogP contribution >= 0.6 is 0 Å². The second-order valence-corrected chi connectivity index (χ2v) is 14.1. The molecule has 2 aromatic carbocycles. The average molecular weight is 685 g/mol. The van der Waals surface area contributed by atoms with Gasteiger partial charge < -0.3 is 4.90 Å². The number of sulfone groups is 2. The number of para-hydroxylation sites is 2. The van der Waals surface area contributed by atoms with Gasteiger partial charge in [0.25, 0.3) is 0 Å². The fourth-order valence-electron chi connectivity index (χ4n) is 4.24. The van der Waals surface area contributed by atoms with Crippen LogP contribution in [0.3, 0.4) is 0 Å². The number of aryl methyl sites for hydroxylation is 1. The molecule has 0 unspecified atom stereocenters. The van der Waals surface area contributed by atoms with Gasteiger partial charge in [0.2, 0.25) is 5.52 Å². The smallest absolute Gasteiger partial charge is 0.348 e. The first-order valence-electron chi connectivity index (χ1n) is 13.5. The Labute approximate surface area is 263 Å². The molecule has 0 fully saturated rings. The van der Waals surface area contributed by atoms with Crippen LogP contribution in [0.1, 0.15) is 25.0 Å². The van der Waals surface area contributed by atoms with Crippen molar-refractivity contribution in [2.75, 3.05) is 11.4 Å². The zero-order valence-electron chi connectivity index (χ0n) is 24.8. The number of hydrogen-bond donors (Lipinski definition) is 0. The second-order valence-electron chi connectivity index (χ2n) is 9.66. The molecule has 2 heterocycles. The third-order valence-corrected chi connectivity index (χ3v) is 10.8. The van der Waals surface area contributed by atoms with Crippen molar-refractivity contribution in [2.45, 2.75) is 24.9 Å². The molecule has 0 N–H and O–H groups in total. The van der Waals surface area contributed by atoms with E-state index in [2.05, 4.69) is 139 Å². The van der Waals surface area contributed by atoms with Crippen LogP contribution in [0.5, 0.6) is 0 Å². The van der Waals surface area contributed by atoms with Crippen molar-refractivity contribution in [3.8, 4) is 0 Å². The lowest BCUT2D eigenvalue weighted by Crippen LogP contribution is -2.37. The van der Waals surface area contributed by atoms with Gasteiger partial charge in [0.05, 0.1) is 5.39 Å². The zero-order chi connectivity index (χ0) is 34.3. The van der Waals surface area contributed by atoms with Crippen molar-refractivity contribution in [1.29, 1.82) is 0 Å². The topological polar surface area (TPSA) is 75.4 Å². The molecule has 0 saturated heterocycles. The number of pyridine rings is 1. The lowest BCUT2D eigenvalue weighted by molar-refractivity contribution is -0.644. The van der Waals surface area contributed by atoms with E-state index in [4.69, 9.17) is 0 Å². The molecule has 46 heavy (non-hydrogen) atoms. The summed E-state index contributed by atoms with van der Waals surface area (Å²) in [6, 6.07) is 19.2. The quantitative estimate of drug-likeness (QED) is 0.111. The third-order valence-electron chi connectivity index (χ3n) is 6.73. The molecule has 246 valence electrons. The summed E-state index contributed by atoms with van der Waals surface area (Å²) in [7, 11) is -10.9. The average Bonchev–Trinajstić information content (AvgIpc) is 3.00. The summed E-state index contributed by atoms with van der Waals surface area (Å²) in [5.74, 6) is 0. The minimum Gasteiger partial charge on any atom is -0.348 e. The Hall–Kier alpha value is -4.17. The van der Waals surface area contributed by atoms with E-state index in [9.17, 15) is 43.2 Å². The summed E-state index contributed by atoms with van der Waals surface area (Å²) in [4.78, 5) is 2.27. The highest BCUT2D eigenvalue weighted by Gasteiger charge is 2.52. The molecule has 14 heteroatoms. The van der Waals surface area contributed by atoms with Crippen molar-refractivity contribution in [3.63, 3.8) is 0 Å². The normalized spacial score (nSPS) is 15.3. The summed E-state index contributed by atoms with van der Waals surface area (Å²) in [5, 5.41) is 1.26. The Bertz CT molecular complexity index is 1880. The van der Waals surface area contributed by atoms with E-state index in [0.29, 0.717) is 0 Å². The molecular weight excluding hydrogens is 654 g/mol. The number of fused-ring (bicyclic) bond motifs is 2. The number of nitrogens with zero attached hydrogens (tertiary/aromatic N) is 2. The molecule has 4 rings (SSSR count). The van der Waals surface area contributed by atoms with Gasteiger partial charge in [-0.1, -0.05) is 77.4 Å². The van der Waals surface area contributed by atoms with E-state index in [1.54, 1.807) is 0 Å². The first-order chi connectivity index (χ1) is 21.4. The van der Waals surface area contributed by atoms with Crippen LogP contribution in [-0.4, -0.2) is 34.4 Å². The van der Waals surface area contributed by atoms with Gasteiger partial charge in [-0.05, 0) is 36.3 Å². The summed E-state index contributed by atoms with van der Waals surface area (Å²) >= 11 is 0. The van der Waals surface area contributed by atoms with Crippen LogP contribution < -0.4 is 9.47 Å². The Balaban J connectivity index is 0.000000307. The molecule has 1 aliphatic rings. The minimum atomic E-state index is -6.51. The Kier molecular flexibility index (Phi) is 11.4. The van der Waals surface area contributed by atoms with E-state index in [-0.39, 0.29) is 6.92 Å². The number of rotatable bonds is 7. The van der Waals surface area contributed by atoms with Gasteiger partial charge in [-0.15, -0.1) is 0 Å². The second kappa shape index (κ2) is 14.5. The molecule has 0 spiro atoms. The lowest BCUT2D eigenvalue weighted by atomic mass is 9.99. The van der Waals surface area contributed by atoms with Gasteiger partial charge in [0.1, 0.15) is 26.7 Å². The fraction of sp³-hybridized carbons (Fsp3) is 0.188. The number of hydrogen-bond acceptors (Lipinski definition) is 5. The monoisotopic (exact) mass is 684 g/mol. The number of allylic oxidation sites excluding steroid dienone is 8. The van der Waals surface area contributed by atoms with Crippen LogP contribution in [0.4, 0.5) is 32.0 Å². The minimum absolute atomic E-state index is 0.272. The summed E-state index contributed by atoms with van der Waals surface area (Å²) in [5.41, 5.74) is -5.96. The van der Waals surface area contributed by atoms with Crippen molar-refractivity contribution in [3.05, 3.63) is 125 Å². The maximum atomic E-state index is 11.8. The molecule has 1 aromatic heterocycles. The van der Waals surface area contributed by atoms with E-state index in [1.807, 2.05) is 0 Å². The predicted octanol–water partition coefficient (Wildman–Crippen LogP) is 7.59. The molecule has 0 bridgehead atoms. The molecular formula is C32H30F6N2O4S2. The maximum Gasteiger partial charge on any atom is 0.469 e. The highest BCUT2D eigenvalue weighted by Crippen LogP contribution is 2.40. The molecule has 6 nitrogen and oxygen atoms in total. The number of aromatic nitrogens is 1. The fourth-order valence-corrected chi connectivity index (χ4v) is 6.62. The zero-order valence-corrected chi connectivity index (χ0v) is 26.4. The van der Waals surface area contributed by atoms with Gasteiger partial charge in [-0.25, -0.2) is 4.57 Å². The van der Waals surface area contributed by atoms with Crippen molar-refractivity contribution < 1.29 is 47.7 Å². The SMILES string of the molecule is CCN1C=CC(=CC=CC=CC=Cc2cc[n+](C)c3ccccc23)c2ccccc21.C[C-](S(=O)(=O)C(F)(F)F)S(=O)(=O)C(F)(F)F. The van der Waals surface area contributed by atoms with Crippen molar-refractivity contribution in [2.24, 2.45) is 7.05 Å². The molecule has 1 aliphatic heterocycles. The van der Waals surface area contributed by atoms with E-state index in [1.165, 1.54) is 33.3 Å². The van der Waals surface area contributed by atoms with E-state index >= 15 is 0 Å². The van der Waals surface area contributed by atoms with Gasteiger partial charge in [0, 0.05) is 36.1 Å². The Morgan fingerprint density at radius 1 is 0.804 bits per heavy atom. The van der Waals surface area contributed by atoms with E-state index in [0.717, 1.165) is 6.54 Å². The standard InChI is InChI=1S/C28H27N2.C4H3F6O4S2/c1-3-30-22-20-24(26-16-10-12-18-28(26)30)14-8-6-4-5-7-13-23-19-21-29(2)27-17-11-9-15-25(23)27;1-2(15(11,12)3(5,6)7)16(13,14)4(8,9)10/h4-22H,3H2,1-2H3;1H3/q+1;-1. The number of halogens is 6. The van der Waals surface area contributed by atoms with Crippen molar-refractivity contribution >= 4 is 47.9 Å². The first-order valence-corrected chi connectivity index (χ1v) is 16.5. The van der Waals surface area contributed by atoms with Crippen LogP contribution in [0.15, 0.2) is 110 Å². The van der Waals surface area contributed by atoms with Gasteiger partial charge in [0.15, 0.2) is 6.20 Å². The highest BCUT2D eigenvalue weighted by atomic mass is 32.3. The third kappa shape index (κ3) is 8.15. The van der Waals surface area contributed by atoms with Gasteiger partial charge >= 0.3 is 11.0 Å². The molecule has 0 amide bonds. The number of anilines is 1. The summed E-state index contributed by atoms with van der Waals surface area (Å²) < 4.78 is 112. The highest BCUT2D eigenvalue weighted by molar-refractivity contribution is 8.13. The number of benzene rings is 2. The van der Waals surface area contributed by atoms with Gasteiger partial charge in [-0.3, -0.25) is 16.8 Å². The van der Waals surface area contributed by atoms with Crippen LogP contribution in [-0.2, 0) is 26.7 Å². The first kappa shape index (κ1) is 36.3. The Morgan fingerprint density at radius 3 is 2.00 bits per heavy atom. The molecule has 0 atom stereocenters. The molecule has 0 radical (unpaired) electrons. The largest absolute Gasteiger partial charge is 0.469 e. The molecule has 0 saturated carbocycles. The number of alkyl halides is 6. The summed E-state index contributed by atoms with van der Waals surface area (Å²) in [6.07, 6.45) is 21.2. The van der Waals surface area contributed by atoms with Gasteiger partial charge in [-0.2, -0.15) is 33.3 Å². The van der Waals surface area contributed by atoms with E-state index < -0.39 is 35.3 Å². The summed E-state index contributed by atoms with van der Waals surface area (Å²) in [6.45, 7) is 2.87. The van der Waals surface area contributed by atoms with Crippen LogP contribution in [0.2, 0.25) is 0 Å². The molecule has 0 aliphatic carbocycles. The maximum absolute atomic E-state index is 11.8. The Morgan fingerprint density at radius 2 is 1.37 bits per heavy atom. The van der Waals surface area contributed by atoms with Crippen molar-refractivity contribution in [1.82, 2.24) is 0 Å². The van der Waals surface area contributed by atoms with Crippen LogP contribution in [0.25, 0.3) is 22.6 Å². The lowest BCUT2D eigenvalue weighted by Gasteiger charge is -2.27. The van der Waals surface area contributed by atoms with Crippen LogP contribution in [0, 0.1) is 4.58 Å². The predicted molar refractivity (Wildman–Crippen MR) is 168 cm³/mol.